The number of carbonyl (C=O) groups is 1. The van der Waals surface area contributed by atoms with Crippen LogP contribution in [0.4, 0.5) is 0 Å². The highest BCUT2D eigenvalue weighted by Gasteiger charge is 2.18. The van der Waals surface area contributed by atoms with E-state index in [9.17, 15) is 13.2 Å². The van der Waals surface area contributed by atoms with Crippen LogP contribution in [0.2, 0.25) is 0 Å². The van der Waals surface area contributed by atoms with Gasteiger partial charge in [0.15, 0.2) is 0 Å². The van der Waals surface area contributed by atoms with Crippen molar-refractivity contribution < 1.29 is 13.2 Å². The molecule has 0 spiro atoms. The van der Waals surface area contributed by atoms with Gasteiger partial charge in [0.05, 0.1) is 0 Å². The predicted octanol–water partition coefficient (Wildman–Crippen LogP) is 1.20. The monoisotopic (exact) mass is 233 g/mol. The van der Waals surface area contributed by atoms with Crippen molar-refractivity contribution in [2.24, 2.45) is 11.1 Å². The first-order valence-corrected chi connectivity index (χ1v) is 7.21. The minimum absolute atomic E-state index is 0.232. The molecule has 5 heteroatoms. The van der Waals surface area contributed by atoms with Crippen molar-refractivity contribution in [1.29, 1.82) is 0 Å². The largest absolute Gasteiger partial charge is 0.299 e. The minimum atomic E-state index is -3.63. The van der Waals surface area contributed by atoms with Crippen molar-refractivity contribution in [3.05, 3.63) is 0 Å². The van der Waals surface area contributed by atoms with Gasteiger partial charge in [-0.1, -0.05) is 38.5 Å². The topological polar surface area (TPSA) is 77.2 Å². The highest BCUT2D eigenvalue weighted by molar-refractivity contribution is 7.89. The van der Waals surface area contributed by atoms with E-state index in [1.165, 1.54) is 12.8 Å². The number of ketones is 1. The van der Waals surface area contributed by atoms with Gasteiger partial charge >= 0.3 is 0 Å². The molecule has 1 fully saturated rings. The van der Waals surface area contributed by atoms with Crippen LogP contribution in [0.3, 0.4) is 0 Å². The van der Waals surface area contributed by atoms with Crippen LogP contribution in [0.5, 0.6) is 0 Å². The fraction of sp³-hybridized carbons (Fsp3) is 0.900. The normalized spacial score (nSPS) is 19.8. The molecule has 0 atom stereocenters. The van der Waals surface area contributed by atoms with Gasteiger partial charge in [-0.05, 0) is 5.92 Å². The van der Waals surface area contributed by atoms with Crippen LogP contribution in [0.15, 0.2) is 0 Å². The van der Waals surface area contributed by atoms with Gasteiger partial charge in [-0.2, -0.15) is 0 Å². The van der Waals surface area contributed by atoms with Crippen LogP contribution in [0.25, 0.3) is 0 Å². The number of hydrogen-bond donors (Lipinski definition) is 1. The lowest BCUT2D eigenvalue weighted by Gasteiger charge is -2.11. The first-order chi connectivity index (χ1) is 6.97. The van der Waals surface area contributed by atoms with E-state index in [1.54, 1.807) is 0 Å². The Morgan fingerprint density at radius 1 is 1.13 bits per heavy atom. The van der Waals surface area contributed by atoms with Gasteiger partial charge in [0, 0.05) is 6.42 Å². The highest BCUT2D eigenvalue weighted by Crippen LogP contribution is 2.25. The van der Waals surface area contributed by atoms with E-state index in [0.717, 1.165) is 25.7 Å². The molecular formula is C10H19NO3S. The zero-order valence-corrected chi connectivity index (χ0v) is 9.76. The molecular weight excluding hydrogens is 214 g/mol. The van der Waals surface area contributed by atoms with E-state index >= 15 is 0 Å². The Hall–Kier alpha value is -0.420. The molecule has 0 bridgehead atoms. The first kappa shape index (κ1) is 12.6. The van der Waals surface area contributed by atoms with Crippen LogP contribution >= 0.6 is 0 Å². The van der Waals surface area contributed by atoms with Gasteiger partial charge in [-0.3, -0.25) is 4.79 Å². The molecule has 2 N–H and O–H groups in total. The van der Waals surface area contributed by atoms with E-state index in [1.807, 2.05) is 0 Å². The van der Waals surface area contributed by atoms with Gasteiger partial charge in [-0.15, -0.1) is 0 Å². The summed E-state index contributed by atoms with van der Waals surface area (Å²) >= 11 is 0. The van der Waals surface area contributed by atoms with Crippen molar-refractivity contribution in [3.63, 3.8) is 0 Å². The summed E-state index contributed by atoms with van der Waals surface area (Å²) in [7, 11) is -3.63. The summed E-state index contributed by atoms with van der Waals surface area (Å²) in [5, 5.41) is 4.82. The van der Waals surface area contributed by atoms with Crippen molar-refractivity contribution in [1.82, 2.24) is 0 Å². The second-order valence-corrected chi connectivity index (χ2v) is 6.02. The number of rotatable bonds is 4. The summed E-state index contributed by atoms with van der Waals surface area (Å²) in [5.41, 5.74) is 0. The predicted molar refractivity (Wildman–Crippen MR) is 58.8 cm³/mol. The van der Waals surface area contributed by atoms with Crippen LogP contribution in [-0.4, -0.2) is 20.0 Å². The molecule has 0 aromatic heterocycles. The summed E-state index contributed by atoms with van der Waals surface area (Å²) in [6.45, 7) is 0. The van der Waals surface area contributed by atoms with Crippen molar-refractivity contribution in [2.45, 2.75) is 44.9 Å². The molecule has 0 radical (unpaired) electrons. The minimum Gasteiger partial charge on any atom is -0.299 e. The molecule has 0 saturated heterocycles. The molecule has 0 aliphatic heterocycles. The number of primary sulfonamides is 1. The van der Waals surface area contributed by atoms with Gasteiger partial charge < -0.3 is 0 Å². The first-order valence-electron chi connectivity index (χ1n) is 5.49. The average molecular weight is 233 g/mol. The second kappa shape index (κ2) is 5.61. The van der Waals surface area contributed by atoms with E-state index in [0.29, 0.717) is 12.3 Å². The number of hydrogen-bond acceptors (Lipinski definition) is 3. The maximum Gasteiger partial charge on any atom is 0.216 e. The lowest BCUT2D eigenvalue weighted by atomic mass is 9.95. The SMILES string of the molecule is NS(=O)(=O)CC(=O)CC1CCCCCC1. The highest BCUT2D eigenvalue weighted by atomic mass is 32.2. The fourth-order valence-corrected chi connectivity index (χ4v) is 2.74. The third-order valence-corrected chi connectivity index (χ3v) is 3.58. The molecule has 4 nitrogen and oxygen atoms in total. The maximum absolute atomic E-state index is 11.4. The van der Waals surface area contributed by atoms with E-state index in [-0.39, 0.29) is 5.78 Å². The quantitative estimate of drug-likeness (QED) is 0.741. The lowest BCUT2D eigenvalue weighted by molar-refractivity contribution is -0.117. The van der Waals surface area contributed by atoms with Gasteiger partial charge in [-0.25, -0.2) is 13.6 Å². The number of sulfonamides is 1. The van der Waals surface area contributed by atoms with E-state index in [2.05, 4.69) is 0 Å². The number of Topliss-reactive ketones (excluding diaryl/α,β-unsaturated/α-hetero) is 1. The third kappa shape index (κ3) is 5.89. The summed E-state index contributed by atoms with van der Waals surface area (Å²) < 4.78 is 21.4. The third-order valence-electron chi connectivity index (χ3n) is 2.85. The summed E-state index contributed by atoms with van der Waals surface area (Å²) in [4.78, 5) is 11.4. The van der Waals surface area contributed by atoms with Crippen LogP contribution in [-0.2, 0) is 14.8 Å². The lowest BCUT2D eigenvalue weighted by Crippen LogP contribution is -2.24. The molecule has 0 unspecified atom stereocenters. The molecule has 0 heterocycles. The Bertz CT molecular complexity index is 303. The van der Waals surface area contributed by atoms with E-state index in [4.69, 9.17) is 5.14 Å². The maximum atomic E-state index is 11.4. The zero-order valence-electron chi connectivity index (χ0n) is 8.94. The number of nitrogens with two attached hydrogens (primary N) is 1. The van der Waals surface area contributed by atoms with Gasteiger partial charge in [0.25, 0.3) is 0 Å². The molecule has 0 amide bonds. The zero-order chi connectivity index (χ0) is 11.3. The molecule has 1 aliphatic carbocycles. The van der Waals surface area contributed by atoms with Crippen molar-refractivity contribution >= 4 is 15.8 Å². The molecule has 1 saturated carbocycles. The molecule has 1 rings (SSSR count). The summed E-state index contributed by atoms with van der Waals surface area (Å²) in [5.74, 6) is -0.352. The Morgan fingerprint density at radius 2 is 1.67 bits per heavy atom. The summed E-state index contributed by atoms with van der Waals surface area (Å²) in [6, 6.07) is 0. The Labute approximate surface area is 91.3 Å². The Kier molecular flexibility index (Phi) is 4.73. The molecule has 0 aromatic carbocycles. The Morgan fingerprint density at radius 3 is 2.13 bits per heavy atom. The van der Waals surface area contributed by atoms with Crippen LogP contribution in [0.1, 0.15) is 44.9 Å². The van der Waals surface area contributed by atoms with E-state index < -0.39 is 15.8 Å². The number of carbonyl (C=O) groups excluding carboxylic acids is 1. The molecule has 88 valence electrons. The smallest absolute Gasteiger partial charge is 0.216 e. The fourth-order valence-electron chi connectivity index (χ4n) is 2.17. The molecule has 15 heavy (non-hydrogen) atoms. The Balaban J connectivity index is 2.36. The summed E-state index contributed by atoms with van der Waals surface area (Å²) in [6.07, 6.45) is 7.28. The van der Waals surface area contributed by atoms with Crippen LogP contribution < -0.4 is 5.14 Å². The van der Waals surface area contributed by atoms with Gasteiger partial charge in [0.1, 0.15) is 11.5 Å². The van der Waals surface area contributed by atoms with Gasteiger partial charge in [0.2, 0.25) is 10.0 Å². The standard InChI is InChI=1S/C10H19NO3S/c11-15(13,14)8-10(12)7-9-5-3-1-2-4-6-9/h9H,1-8H2,(H2,11,13,14). The van der Waals surface area contributed by atoms with Crippen LogP contribution in [0, 0.1) is 5.92 Å². The van der Waals surface area contributed by atoms with Crippen molar-refractivity contribution in [3.8, 4) is 0 Å². The van der Waals surface area contributed by atoms with Crippen molar-refractivity contribution in [2.75, 3.05) is 5.75 Å². The molecule has 0 aromatic rings. The average Bonchev–Trinajstić information content (AvgIpc) is 2.28. The second-order valence-electron chi connectivity index (χ2n) is 4.41. The molecule has 1 aliphatic rings.